The van der Waals surface area contributed by atoms with Crippen molar-refractivity contribution in [1.82, 2.24) is 5.32 Å². The van der Waals surface area contributed by atoms with Crippen LogP contribution in [-0.4, -0.2) is 23.9 Å². The number of nitro groups is 1. The van der Waals surface area contributed by atoms with Gasteiger partial charge < -0.3 is 16.4 Å². The van der Waals surface area contributed by atoms with Gasteiger partial charge in [-0.15, -0.1) is 12.4 Å². The van der Waals surface area contributed by atoms with Crippen LogP contribution in [0.25, 0.3) is 0 Å². The number of nitro benzene ring substituents is 1. The Morgan fingerprint density at radius 1 is 1.11 bits per heavy atom. The molecule has 8 heteroatoms. The SMILES string of the molecule is Cc1ccc(C(N)C(=O)NCCCNc2ccc(C)cc2[N+](=O)[O-])cc1.Cl. The third-order valence-electron chi connectivity index (χ3n) is 4.04. The first-order valence-corrected chi connectivity index (χ1v) is 8.47. The lowest BCUT2D eigenvalue weighted by molar-refractivity contribution is -0.384. The lowest BCUT2D eigenvalue weighted by Crippen LogP contribution is -2.35. The number of anilines is 1. The number of nitrogens with one attached hydrogen (secondary N) is 2. The van der Waals surface area contributed by atoms with Crippen LogP contribution in [-0.2, 0) is 4.79 Å². The van der Waals surface area contributed by atoms with Gasteiger partial charge in [0.25, 0.3) is 5.69 Å². The molecule has 7 nitrogen and oxygen atoms in total. The number of nitrogens with zero attached hydrogens (tertiary/aromatic N) is 1. The summed E-state index contributed by atoms with van der Waals surface area (Å²) in [7, 11) is 0. The van der Waals surface area contributed by atoms with E-state index < -0.39 is 11.0 Å². The number of amides is 1. The molecule has 0 saturated carbocycles. The highest BCUT2D eigenvalue weighted by Crippen LogP contribution is 2.25. The maximum Gasteiger partial charge on any atom is 0.292 e. The molecule has 0 aliphatic rings. The monoisotopic (exact) mass is 392 g/mol. The standard InChI is InChI=1S/C19H24N4O3.ClH/c1-13-4-7-15(8-5-13)18(20)19(24)22-11-3-10-21-16-9-6-14(2)12-17(16)23(25)26;/h4-9,12,18,21H,3,10-11,20H2,1-2H3,(H,22,24);1H. The van der Waals surface area contributed by atoms with Gasteiger partial charge in [-0.3, -0.25) is 14.9 Å². The smallest absolute Gasteiger partial charge is 0.292 e. The summed E-state index contributed by atoms with van der Waals surface area (Å²) < 4.78 is 0. The van der Waals surface area contributed by atoms with Gasteiger partial charge in [0.05, 0.1) is 4.92 Å². The van der Waals surface area contributed by atoms with Crippen LogP contribution < -0.4 is 16.4 Å². The molecule has 2 aromatic rings. The Hall–Kier alpha value is -2.64. The van der Waals surface area contributed by atoms with Crippen molar-refractivity contribution in [2.45, 2.75) is 26.3 Å². The summed E-state index contributed by atoms with van der Waals surface area (Å²) in [6.45, 7) is 4.72. The number of carbonyl (C=O) groups excluding carboxylic acids is 1. The van der Waals surface area contributed by atoms with E-state index in [9.17, 15) is 14.9 Å². The number of hydrogen-bond acceptors (Lipinski definition) is 5. The lowest BCUT2D eigenvalue weighted by atomic mass is 10.1. The fraction of sp³-hybridized carbons (Fsp3) is 0.316. The van der Waals surface area contributed by atoms with Crippen molar-refractivity contribution in [1.29, 1.82) is 0 Å². The highest BCUT2D eigenvalue weighted by Gasteiger charge is 2.15. The van der Waals surface area contributed by atoms with Gasteiger partial charge in [-0.05, 0) is 37.5 Å². The molecule has 0 aliphatic heterocycles. The molecular formula is C19H25ClN4O3. The van der Waals surface area contributed by atoms with Gasteiger partial charge in [0.15, 0.2) is 0 Å². The maximum absolute atomic E-state index is 12.1. The number of nitrogens with two attached hydrogens (primary N) is 1. The zero-order valence-electron chi connectivity index (χ0n) is 15.4. The lowest BCUT2D eigenvalue weighted by Gasteiger charge is -2.13. The molecule has 1 unspecified atom stereocenters. The first-order chi connectivity index (χ1) is 12.4. The predicted molar refractivity (Wildman–Crippen MR) is 109 cm³/mol. The zero-order chi connectivity index (χ0) is 19.1. The third kappa shape index (κ3) is 6.54. The third-order valence-corrected chi connectivity index (χ3v) is 4.04. The van der Waals surface area contributed by atoms with E-state index in [0.717, 1.165) is 16.7 Å². The summed E-state index contributed by atoms with van der Waals surface area (Å²) in [5.41, 5.74) is 9.19. The average molecular weight is 393 g/mol. The molecule has 1 atom stereocenters. The molecule has 2 rings (SSSR count). The van der Waals surface area contributed by atoms with Crippen molar-refractivity contribution in [2.75, 3.05) is 18.4 Å². The minimum atomic E-state index is -0.707. The summed E-state index contributed by atoms with van der Waals surface area (Å²) >= 11 is 0. The van der Waals surface area contributed by atoms with E-state index in [4.69, 9.17) is 5.73 Å². The van der Waals surface area contributed by atoms with E-state index in [-0.39, 0.29) is 24.0 Å². The molecule has 0 aliphatic carbocycles. The fourth-order valence-electron chi connectivity index (χ4n) is 2.50. The van der Waals surface area contributed by atoms with E-state index in [1.807, 2.05) is 44.2 Å². The second-order valence-electron chi connectivity index (χ2n) is 6.24. The Morgan fingerprint density at radius 3 is 2.37 bits per heavy atom. The fourth-order valence-corrected chi connectivity index (χ4v) is 2.50. The van der Waals surface area contributed by atoms with Crippen molar-refractivity contribution in [3.63, 3.8) is 0 Å². The molecule has 0 heterocycles. The maximum atomic E-state index is 12.1. The van der Waals surface area contributed by atoms with Crippen LogP contribution in [0, 0.1) is 24.0 Å². The van der Waals surface area contributed by atoms with Crippen molar-refractivity contribution in [3.05, 3.63) is 69.3 Å². The molecule has 0 aromatic heterocycles. The van der Waals surface area contributed by atoms with Gasteiger partial charge in [0.1, 0.15) is 11.7 Å². The Bertz CT molecular complexity index is 781. The van der Waals surface area contributed by atoms with Crippen LogP contribution in [0.15, 0.2) is 42.5 Å². The van der Waals surface area contributed by atoms with E-state index in [1.165, 1.54) is 6.07 Å². The first-order valence-electron chi connectivity index (χ1n) is 8.47. The van der Waals surface area contributed by atoms with Crippen LogP contribution in [0.5, 0.6) is 0 Å². The average Bonchev–Trinajstić information content (AvgIpc) is 2.62. The Balaban J connectivity index is 0.00000364. The first kappa shape index (κ1) is 22.4. The minimum Gasteiger partial charge on any atom is -0.379 e. The molecule has 0 bridgehead atoms. The van der Waals surface area contributed by atoms with Gasteiger partial charge in [-0.1, -0.05) is 35.9 Å². The molecule has 0 radical (unpaired) electrons. The molecule has 4 N–H and O–H groups in total. The van der Waals surface area contributed by atoms with E-state index in [0.29, 0.717) is 25.2 Å². The highest BCUT2D eigenvalue weighted by molar-refractivity contribution is 5.85. The Labute approximate surface area is 164 Å². The van der Waals surface area contributed by atoms with Crippen LogP contribution in [0.3, 0.4) is 0 Å². The Kier molecular flexibility index (Phi) is 8.71. The van der Waals surface area contributed by atoms with Crippen molar-refractivity contribution in [3.8, 4) is 0 Å². The van der Waals surface area contributed by atoms with Crippen LogP contribution >= 0.6 is 12.4 Å². The van der Waals surface area contributed by atoms with Gasteiger partial charge >= 0.3 is 0 Å². The number of halogens is 1. The molecule has 0 spiro atoms. The van der Waals surface area contributed by atoms with Gasteiger partial charge in [-0.25, -0.2) is 0 Å². The summed E-state index contributed by atoms with van der Waals surface area (Å²) in [6.07, 6.45) is 0.622. The van der Waals surface area contributed by atoms with E-state index in [1.54, 1.807) is 6.07 Å². The number of hydrogen-bond donors (Lipinski definition) is 3. The summed E-state index contributed by atoms with van der Waals surface area (Å²) in [6, 6.07) is 11.9. The van der Waals surface area contributed by atoms with Crippen LogP contribution in [0.2, 0.25) is 0 Å². The number of benzene rings is 2. The van der Waals surface area contributed by atoms with Crippen LogP contribution in [0.1, 0.15) is 29.2 Å². The quantitative estimate of drug-likeness (QED) is 0.363. The molecular weight excluding hydrogens is 368 g/mol. The zero-order valence-corrected chi connectivity index (χ0v) is 16.2. The van der Waals surface area contributed by atoms with Gasteiger partial charge in [-0.2, -0.15) is 0 Å². The van der Waals surface area contributed by atoms with Crippen molar-refractivity contribution < 1.29 is 9.72 Å². The Morgan fingerprint density at radius 2 is 1.74 bits per heavy atom. The summed E-state index contributed by atoms with van der Waals surface area (Å²) in [5.74, 6) is -0.241. The van der Waals surface area contributed by atoms with Crippen LogP contribution in [0.4, 0.5) is 11.4 Å². The minimum absolute atomic E-state index is 0. The molecule has 1 amide bonds. The topological polar surface area (TPSA) is 110 Å². The second-order valence-corrected chi connectivity index (χ2v) is 6.24. The molecule has 0 fully saturated rings. The summed E-state index contributed by atoms with van der Waals surface area (Å²) in [4.78, 5) is 22.8. The van der Waals surface area contributed by atoms with Gasteiger partial charge in [0.2, 0.25) is 5.91 Å². The number of aryl methyl sites for hydroxylation is 2. The molecule has 146 valence electrons. The normalized spacial score (nSPS) is 11.2. The molecule has 0 saturated heterocycles. The number of rotatable bonds is 8. The van der Waals surface area contributed by atoms with Gasteiger partial charge in [0, 0.05) is 19.2 Å². The van der Waals surface area contributed by atoms with Crippen molar-refractivity contribution in [2.24, 2.45) is 5.73 Å². The molecule has 27 heavy (non-hydrogen) atoms. The van der Waals surface area contributed by atoms with E-state index >= 15 is 0 Å². The summed E-state index contributed by atoms with van der Waals surface area (Å²) in [5, 5.41) is 16.9. The molecule has 2 aromatic carbocycles. The largest absolute Gasteiger partial charge is 0.379 e. The second kappa shape index (κ2) is 10.5. The highest BCUT2D eigenvalue weighted by atomic mass is 35.5. The van der Waals surface area contributed by atoms with Crippen molar-refractivity contribution >= 4 is 29.7 Å². The predicted octanol–water partition coefficient (Wildman–Crippen LogP) is 3.25. The van der Waals surface area contributed by atoms with E-state index in [2.05, 4.69) is 10.6 Å². The number of carbonyl (C=O) groups is 1.